The number of phenols is 2. The molecule has 1 atom stereocenters. The van der Waals surface area contributed by atoms with Crippen LogP contribution < -0.4 is 10.1 Å². The summed E-state index contributed by atoms with van der Waals surface area (Å²) in [5.41, 5.74) is 5.42. The molecule has 0 bridgehead atoms. The highest BCUT2D eigenvalue weighted by molar-refractivity contribution is 5.52. The fourth-order valence-corrected chi connectivity index (χ4v) is 3.35. The highest BCUT2D eigenvalue weighted by atomic mass is 16.5. The lowest BCUT2D eigenvalue weighted by molar-refractivity contribution is 0.400. The molecule has 22 heavy (non-hydrogen) atoms. The number of fused-ring (bicyclic) bond motifs is 1. The van der Waals surface area contributed by atoms with E-state index in [0.29, 0.717) is 0 Å². The Bertz CT molecular complexity index is 702. The Morgan fingerprint density at radius 2 is 1.68 bits per heavy atom. The minimum absolute atomic E-state index is 0.0126. The molecule has 1 unspecified atom stereocenters. The summed E-state index contributed by atoms with van der Waals surface area (Å²) < 4.78 is 5.43. The van der Waals surface area contributed by atoms with Crippen LogP contribution in [-0.2, 0) is 6.42 Å². The Labute approximate surface area is 130 Å². The summed E-state index contributed by atoms with van der Waals surface area (Å²) in [5.74, 6) is 0.782. The topological polar surface area (TPSA) is 61.7 Å². The molecule has 4 heteroatoms. The molecule has 0 saturated carbocycles. The van der Waals surface area contributed by atoms with Gasteiger partial charge < -0.3 is 20.3 Å². The molecule has 1 aliphatic heterocycles. The maximum atomic E-state index is 9.83. The van der Waals surface area contributed by atoms with E-state index in [1.165, 1.54) is 0 Å². The standard InChI is InChI=1S/C18H21NO3/c1-10-6-13(7-11(2)18(10)22-3)17-14-9-16(21)15(20)8-12(14)4-5-19-17/h6-9,17,19-21H,4-5H2,1-3H3. The number of aryl methyl sites for hydroxylation is 2. The minimum Gasteiger partial charge on any atom is -0.504 e. The molecule has 116 valence electrons. The van der Waals surface area contributed by atoms with E-state index in [2.05, 4.69) is 17.4 Å². The van der Waals surface area contributed by atoms with E-state index in [4.69, 9.17) is 4.74 Å². The van der Waals surface area contributed by atoms with E-state index in [1.54, 1.807) is 19.2 Å². The molecular weight excluding hydrogens is 278 g/mol. The van der Waals surface area contributed by atoms with Gasteiger partial charge in [-0.1, -0.05) is 12.1 Å². The van der Waals surface area contributed by atoms with Crippen LogP contribution in [0.4, 0.5) is 0 Å². The number of aromatic hydroxyl groups is 2. The summed E-state index contributed by atoms with van der Waals surface area (Å²) in [4.78, 5) is 0. The molecule has 0 spiro atoms. The minimum atomic E-state index is -0.0746. The molecule has 2 aromatic carbocycles. The van der Waals surface area contributed by atoms with Gasteiger partial charge in [0.15, 0.2) is 11.5 Å². The van der Waals surface area contributed by atoms with Gasteiger partial charge in [0, 0.05) is 6.54 Å². The van der Waals surface area contributed by atoms with E-state index < -0.39 is 0 Å². The molecular formula is C18H21NO3. The molecule has 0 radical (unpaired) electrons. The van der Waals surface area contributed by atoms with Crippen molar-refractivity contribution in [3.8, 4) is 17.2 Å². The summed E-state index contributed by atoms with van der Waals surface area (Å²) in [6.45, 7) is 4.91. The van der Waals surface area contributed by atoms with Crippen molar-refractivity contribution in [1.82, 2.24) is 5.32 Å². The Morgan fingerprint density at radius 1 is 1.05 bits per heavy atom. The number of phenolic OH excluding ortho intramolecular Hbond substituents is 2. The first kappa shape index (κ1) is 14.7. The zero-order valence-electron chi connectivity index (χ0n) is 13.1. The van der Waals surface area contributed by atoms with Crippen LogP contribution in [0.3, 0.4) is 0 Å². The number of methoxy groups -OCH3 is 1. The molecule has 0 saturated heterocycles. The number of hydrogen-bond donors (Lipinski definition) is 3. The van der Waals surface area contributed by atoms with Crippen LogP contribution in [0.1, 0.15) is 33.9 Å². The monoisotopic (exact) mass is 299 g/mol. The van der Waals surface area contributed by atoms with Crippen LogP contribution in [0.15, 0.2) is 24.3 Å². The lowest BCUT2D eigenvalue weighted by atomic mass is 9.88. The number of hydrogen-bond acceptors (Lipinski definition) is 4. The van der Waals surface area contributed by atoms with E-state index in [1.807, 2.05) is 13.8 Å². The maximum Gasteiger partial charge on any atom is 0.157 e. The van der Waals surface area contributed by atoms with Crippen LogP contribution >= 0.6 is 0 Å². The second kappa shape index (κ2) is 5.54. The second-order valence-corrected chi connectivity index (χ2v) is 5.86. The molecule has 1 heterocycles. The van der Waals surface area contributed by atoms with E-state index in [0.717, 1.165) is 46.5 Å². The zero-order valence-corrected chi connectivity index (χ0v) is 13.1. The van der Waals surface area contributed by atoms with E-state index in [9.17, 15) is 10.2 Å². The van der Waals surface area contributed by atoms with Gasteiger partial charge in [0.25, 0.3) is 0 Å². The van der Waals surface area contributed by atoms with Crippen molar-refractivity contribution in [3.63, 3.8) is 0 Å². The third kappa shape index (κ3) is 2.40. The Morgan fingerprint density at radius 3 is 2.32 bits per heavy atom. The average Bonchev–Trinajstić information content (AvgIpc) is 2.47. The van der Waals surface area contributed by atoms with Crippen molar-refractivity contribution in [2.24, 2.45) is 0 Å². The maximum absolute atomic E-state index is 9.83. The van der Waals surface area contributed by atoms with Crippen molar-refractivity contribution in [2.75, 3.05) is 13.7 Å². The van der Waals surface area contributed by atoms with E-state index in [-0.39, 0.29) is 17.5 Å². The largest absolute Gasteiger partial charge is 0.504 e. The summed E-state index contributed by atoms with van der Waals surface area (Å²) in [6, 6.07) is 7.57. The van der Waals surface area contributed by atoms with Gasteiger partial charge in [-0.15, -0.1) is 0 Å². The number of rotatable bonds is 2. The van der Waals surface area contributed by atoms with Gasteiger partial charge in [-0.2, -0.15) is 0 Å². The van der Waals surface area contributed by atoms with Crippen molar-refractivity contribution in [2.45, 2.75) is 26.3 Å². The number of nitrogens with one attached hydrogen (secondary N) is 1. The summed E-state index contributed by atoms with van der Waals surface area (Å²) in [5, 5.41) is 23.0. The quantitative estimate of drug-likeness (QED) is 0.746. The smallest absolute Gasteiger partial charge is 0.157 e. The van der Waals surface area contributed by atoms with Crippen LogP contribution in [0.25, 0.3) is 0 Å². The molecule has 0 aliphatic carbocycles. The normalized spacial score (nSPS) is 17.1. The van der Waals surface area contributed by atoms with Crippen LogP contribution in [-0.4, -0.2) is 23.9 Å². The SMILES string of the molecule is COc1c(C)cc(C2NCCc3cc(O)c(O)cc32)cc1C. The third-order valence-electron chi connectivity index (χ3n) is 4.31. The van der Waals surface area contributed by atoms with Crippen LogP contribution in [0.5, 0.6) is 17.2 Å². The van der Waals surface area contributed by atoms with Gasteiger partial charge in [-0.25, -0.2) is 0 Å². The molecule has 1 aliphatic rings. The zero-order chi connectivity index (χ0) is 15.9. The number of benzene rings is 2. The molecule has 3 N–H and O–H groups in total. The first-order chi connectivity index (χ1) is 10.5. The fraction of sp³-hybridized carbons (Fsp3) is 0.333. The highest BCUT2D eigenvalue weighted by Gasteiger charge is 2.24. The molecule has 2 aromatic rings. The molecule has 4 nitrogen and oxygen atoms in total. The average molecular weight is 299 g/mol. The summed E-state index contributed by atoms with van der Waals surface area (Å²) >= 11 is 0. The van der Waals surface area contributed by atoms with Crippen LogP contribution in [0.2, 0.25) is 0 Å². The summed E-state index contributed by atoms with van der Waals surface area (Å²) in [6.07, 6.45) is 0.841. The fourth-order valence-electron chi connectivity index (χ4n) is 3.35. The first-order valence-electron chi connectivity index (χ1n) is 7.44. The van der Waals surface area contributed by atoms with Gasteiger partial charge in [-0.05, 0) is 60.2 Å². The third-order valence-corrected chi connectivity index (χ3v) is 4.31. The van der Waals surface area contributed by atoms with Gasteiger partial charge in [-0.3, -0.25) is 0 Å². The van der Waals surface area contributed by atoms with Gasteiger partial charge in [0.05, 0.1) is 13.2 Å². The lowest BCUT2D eigenvalue weighted by Crippen LogP contribution is -2.30. The summed E-state index contributed by atoms with van der Waals surface area (Å²) in [7, 11) is 1.68. The Balaban J connectivity index is 2.10. The molecule has 0 amide bonds. The highest BCUT2D eigenvalue weighted by Crippen LogP contribution is 2.37. The van der Waals surface area contributed by atoms with Gasteiger partial charge in [0.1, 0.15) is 5.75 Å². The molecule has 3 rings (SSSR count). The van der Waals surface area contributed by atoms with Gasteiger partial charge >= 0.3 is 0 Å². The lowest BCUT2D eigenvalue weighted by Gasteiger charge is -2.28. The van der Waals surface area contributed by atoms with E-state index >= 15 is 0 Å². The van der Waals surface area contributed by atoms with Crippen molar-refractivity contribution < 1.29 is 14.9 Å². The predicted molar refractivity (Wildman–Crippen MR) is 85.8 cm³/mol. The van der Waals surface area contributed by atoms with Crippen LogP contribution in [0, 0.1) is 13.8 Å². The number of ether oxygens (including phenoxy) is 1. The molecule has 0 fully saturated rings. The first-order valence-corrected chi connectivity index (χ1v) is 7.44. The van der Waals surface area contributed by atoms with Crippen molar-refractivity contribution in [1.29, 1.82) is 0 Å². The predicted octanol–water partition coefficient (Wildman–Crippen LogP) is 2.96. The Hall–Kier alpha value is -2.20. The second-order valence-electron chi connectivity index (χ2n) is 5.86. The van der Waals surface area contributed by atoms with Gasteiger partial charge in [0.2, 0.25) is 0 Å². The van der Waals surface area contributed by atoms with Crippen molar-refractivity contribution in [3.05, 3.63) is 52.1 Å². The molecule has 0 aromatic heterocycles. The van der Waals surface area contributed by atoms with Crippen molar-refractivity contribution >= 4 is 0 Å². The Kier molecular flexibility index (Phi) is 3.71.